The van der Waals surface area contributed by atoms with Crippen molar-refractivity contribution in [3.8, 4) is 0 Å². The zero-order valence-electron chi connectivity index (χ0n) is 14.1. The summed E-state index contributed by atoms with van der Waals surface area (Å²) < 4.78 is 0. The number of nitrogens with zero attached hydrogens (tertiary/aromatic N) is 1. The van der Waals surface area contributed by atoms with Crippen molar-refractivity contribution in [2.45, 2.75) is 77.3 Å². The van der Waals surface area contributed by atoms with E-state index in [1.54, 1.807) is 0 Å². The average molecular weight is 284 g/mol. The summed E-state index contributed by atoms with van der Waals surface area (Å²) in [6.45, 7) is 9.03. The van der Waals surface area contributed by atoms with E-state index in [4.69, 9.17) is 0 Å². The SMILES string of the molecule is CCCNC(C)(CO)CC(C)N(C)CC1CCCCC1. The predicted molar refractivity (Wildman–Crippen MR) is 87.1 cm³/mol. The monoisotopic (exact) mass is 284 g/mol. The van der Waals surface area contributed by atoms with Crippen LogP contribution in [0.15, 0.2) is 0 Å². The van der Waals surface area contributed by atoms with E-state index in [0.29, 0.717) is 6.04 Å². The summed E-state index contributed by atoms with van der Waals surface area (Å²) in [5, 5.41) is 13.2. The van der Waals surface area contributed by atoms with Gasteiger partial charge in [0, 0.05) is 18.1 Å². The lowest BCUT2D eigenvalue weighted by molar-refractivity contribution is 0.114. The van der Waals surface area contributed by atoms with Crippen LogP contribution in [0.3, 0.4) is 0 Å². The number of nitrogens with one attached hydrogen (secondary N) is 1. The van der Waals surface area contributed by atoms with Crippen LogP contribution in [-0.4, -0.2) is 48.3 Å². The van der Waals surface area contributed by atoms with Crippen LogP contribution in [0.1, 0.15) is 65.7 Å². The van der Waals surface area contributed by atoms with E-state index >= 15 is 0 Å². The van der Waals surface area contributed by atoms with E-state index in [9.17, 15) is 5.11 Å². The van der Waals surface area contributed by atoms with Crippen molar-refractivity contribution in [3.05, 3.63) is 0 Å². The van der Waals surface area contributed by atoms with E-state index in [1.807, 2.05) is 0 Å². The van der Waals surface area contributed by atoms with Crippen LogP contribution in [-0.2, 0) is 0 Å². The fourth-order valence-corrected chi connectivity index (χ4v) is 3.38. The highest BCUT2D eigenvalue weighted by molar-refractivity contribution is 4.87. The molecule has 1 aliphatic carbocycles. The molecule has 120 valence electrons. The van der Waals surface area contributed by atoms with E-state index in [-0.39, 0.29) is 12.1 Å². The molecule has 1 fully saturated rings. The van der Waals surface area contributed by atoms with Gasteiger partial charge in [-0.25, -0.2) is 0 Å². The zero-order valence-corrected chi connectivity index (χ0v) is 14.1. The molecule has 2 unspecified atom stereocenters. The Morgan fingerprint density at radius 3 is 2.50 bits per heavy atom. The van der Waals surface area contributed by atoms with E-state index < -0.39 is 0 Å². The lowest BCUT2D eigenvalue weighted by Gasteiger charge is -2.37. The number of aliphatic hydroxyl groups excluding tert-OH is 1. The van der Waals surface area contributed by atoms with Gasteiger partial charge in [-0.3, -0.25) is 0 Å². The summed E-state index contributed by atoms with van der Waals surface area (Å²) in [5.41, 5.74) is -0.143. The fourth-order valence-electron chi connectivity index (χ4n) is 3.38. The lowest BCUT2D eigenvalue weighted by Crippen LogP contribution is -2.50. The van der Waals surface area contributed by atoms with Gasteiger partial charge in [0.25, 0.3) is 0 Å². The van der Waals surface area contributed by atoms with Crippen LogP contribution in [0, 0.1) is 5.92 Å². The molecule has 2 atom stereocenters. The Morgan fingerprint density at radius 2 is 1.95 bits per heavy atom. The Hall–Kier alpha value is -0.120. The highest BCUT2D eigenvalue weighted by atomic mass is 16.3. The average Bonchev–Trinajstić information content (AvgIpc) is 2.46. The standard InChI is InChI=1S/C17H36N2O/c1-5-11-18-17(3,14-20)12-15(2)19(4)13-16-9-7-6-8-10-16/h15-16,18,20H,5-14H2,1-4H3. The number of hydrogen-bond donors (Lipinski definition) is 2. The Bertz CT molecular complexity index is 253. The van der Waals surface area contributed by atoms with Gasteiger partial charge < -0.3 is 15.3 Å². The van der Waals surface area contributed by atoms with Crippen molar-refractivity contribution >= 4 is 0 Å². The summed E-state index contributed by atoms with van der Waals surface area (Å²) in [5.74, 6) is 0.889. The quantitative estimate of drug-likeness (QED) is 0.683. The van der Waals surface area contributed by atoms with Gasteiger partial charge in [-0.1, -0.05) is 26.2 Å². The minimum Gasteiger partial charge on any atom is -0.394 e. The molecule has 0 aliphatic heterocycles. The summed E-state index contributed by atoms with van der Waals surface area (Å²) in [4.78, 5) is 2.50. The molecule has 3 nitrogen and oxygen atoms in total. The third-order valence-corrected chi connectivity index (χ3v) is 4.92. The topological polar surface area (TPSA) is 35.5 Å². The first kappa shape index (κ1) is 17.9. The molecule has 0 heterocycles. The maximum Gasteiger partial charge on any atom is 0.0611 e. The summed E-state index contributed by atoms with van der Waals surface area (Å²) in [6, 6.07) is 0.512. The fraction of sp³-hybridized carbons (Fsp3) is 1.00. The summed E-state index contributed by atoms with van der Waals surface area (Å²) in [7, 11) is 2.25. The van der Waals surface area contributed by atoms with Gasteiger partial charge >= 0.3 is 0 Å². The van der Waals surface area contributed by atoms with Crippen LogP contribution >= 0.6 is 0 Å². The third kappa shape index (κ3) is 6.11. The molecule has 1 saturated carbocycles. The first-order chi connectivity index (χ1) is 9.50. The Balaban J connectivity index is 2.39. The molecular formula is C17H36N2O. The number of rotatable bonds is 9. The van der Waals surface area contributed by atoms with Crippen LogP contribution in [0.4, 0.5) is 0 Å². The van der Waals surface area contributed by atoms with Crippen LogP contribution in [0.5, 0.6) is 0 Å². The minimum absolute atomic E-state index is 0.143. The Kier molecular flexibility index (Phi) is 8.08. The van der Waals surface area contributed by atoms with Gasteiger partial charge in [-0.2, -0.15) is 0 Å². The van der Waals surface area contributed by atoms with Crippen molar-refractivity contribution in [2.24, 2.45) is 5.92 Å². The Labute approximate surface area is 126 Å². The first-order valence-electron chi connectivity index (χ1n) is 8.57. The predicted octanol–water partition coefficient (Wildman–Crippen LogP) is 3.03. The van der Waals surface area contributed by atoms with E-state index in [0.717, 1.165) is 25.3 Å². The van der Waals surface area contributed by atoms with Crippen molar-refractivity contribution in [2.75, 3.05) is 26.7 Å². The van der Waals surface area contributed by atoms with Gasteiger partial charge in [0.1, 0.15) is 0 Å². The second-order valence-corrected chi connectivity index (χ2v) is 7.14. The molecule has 0 amide bonds. The molecule has 2 N–H and O–H groups in total. The number of aliphatic hydroxyl groups is 1. The van der Waals surface area contributed by atoms with Gasteiger partial charge in [0.15, 0.2) is 0 Å². The summed E-state index contributed by atoms with van der Waals surface area (Å²) >= 11 is 0. The number of hydrogen-bond acceptors (Lipinski definition) is 3. The molecular weight excluding hydrogens is 248 g/mol. The molecule has 0 radical (unpaired) electrons. The molecule has 0 spiro atoms. The van der Waals surface area contributed by atoms with Gasteiger partial charge in [-0.05, 0) is 59.0 Å². The second-order valence-electron chi connectivity index (χ2n) is 7.14. The van der Waals surface area contributed by atoms with Crippen LogP contribution in [0.25, 0.3) is 0 Å². The molecule has 3 heteroatoms. The van der Waals surface area contributed by atoms with Crippen molar-refractivity contribution in [1.29, 1.82) is 0 Å². The van der Waals surface area contributed by atoms with Crippen LogP contribution in [0.2, 0.25) is 0 Å². The molecule has 0 bridgehead atoms. The van der Waals surface area contributed by atoms with Crippen molar-refractivity contribution in [3.63, 3.8) is 0 Å². The normalized spacial score (nSPS) is 21.9. The molecule has 0 aromatic rings. The van der Waals surface area contributed by atoms with E-state index in [2.05, 4.69) is 38.0 Å². The lowest BCUT2D eigenvalue weighted by atomic mass is 9.88. The van der Waals surface area contributed by atoms with Crippen molar-refractivity contribution < 1.29 is 5.11 Å². The smallest absolute Gasteiger partial charge is 0.0611 e. The molecule has 0 aromatic heterocycles. The molecule has 20 heavy (non-hydrogen) atoms. The first-order valence-corrected chi connectivity index (χ1v) is 8.57. The van der Waals surface area contributed by atoms with Crippen LogP contribution < -0.4 is 5.32 Å². The molecule has 1 rings (SSSR count). The largest absolute Gasteiger partial charge is 0.394 e. The van der Waals surface area contributed by atoms with Gasteiger partial charge in [0.05, 0.1) is 6.61 Å². The molecule has 0 saturated heterocycles. The van der Waals surface area contributed by atoms with E-state index in [1.165, 1.54) is 38.6 Å². The molecule has 0 aromatic carbocycles. The summed E-state index contributed by atoms with van der Waals surface area (Å²) in [6.07, 6.45) is 9.19. The minimum atomic E-state index is -0.143. The third-order valence-electron chi connectivity index (χ3n) is 4.92. The zero-order chi connectivity index (χ0) is 15.0. The second kappa shape index (κ2) is 9.01. The molecule has 1 aliphatic rings. The van der Waals surface area contributed by atoms with Gasteiger partial charge in [0.2, 0.25) is 0 Å². The highest BCUT2D eigenvalue weighted by Crippen LogP contribution is 2.25. The maximum atomic E-state index is 9.68. The Morgan fingerprint density at radius 1 is 1.30 bits per heavy atom. The van der Waals surface area contributed by atoms with Crippen molar-refractivity contribution in [1.82, 2.24) is 10.2 Å². The maximum absolute atomic E-state index is 9.68. The van der Waals surface area contributed by atoms with Gasteiger partial charge in [-0.15, -0.1) is 0 Å². The highest BCUT2D eigenvalue weighted by Gasteiger charge is 2.27.